The fourth-order valence-corrected chi connectivity index (χ4v) is 3.78. The second-order valence-corrected chi connectivity index (χ2v) is 7.36. The Morgan fingerprint density at radius 2 is 1.86 bits per heavy atom. The van der Waals surface area contributed by atoms with Gasteiger partial charge in [0.15, 0.2) is 0 Å². The molecule has 2 aromatic carbocycles. The van der Waals surface area contributed by atoms with Crippen LogP contribution < -0.4 is 21.3 Å². The summed E-state index contributed by atoms with van der Waals surface area (Å²) in [7, 11) is 0. The maximum atomic E-state index is 12.5. The number of benzene rings is 2. The second kappa shape index (κ2) is 9.26. The van der Waals surface area contributed by atoms with Crippen molar-refractivity contribution < 1.29 is 9.59 Å². The molecule has 6 heteroatoms. The quantitative estimate of drug-likeness (QED) is 0.690. The lowest BCUT2D eigenvalue weighted by Crippen LogP contribution is -2.38. The van der Waals surface area contributed by atoms with Gasteiger partial charge in [0, 0.05) is 25.3 Å². The average Bonchev–Trinajstić information content (AvgIpc) is 3.16. The van der Waals surface area contributed by atoms with E-state index in [0.717, 1.165) is 30.6 Å². The first-order valence-electron chi connectivity index (χ1n) is 9.71. The zero-order valence-corrected chi connectivity index (χ0v) is 16.2. The van der Waals surface area contributed by atoms with Crippen molar-refractivity contribution in [1.29, 1.82) is 0 Å². The molecule has 6 nitrogen and oxygen atoms in total. The fourth-order valence-electron chi connectivity index (χ4n) is 3.78. The first-order chi connectivity index (χ1) is 13.5. The molecule has 3 amide bonds. The molecular formula is C22H28N4O2. The molecule has 0 unspecified atom stereocenters. The van der Waals surface area contributed by atoms with Crippen molar-refractivity contribution in [2.24, 2.45) is 11.7 Å². The number of nitrogens with one attached hydrogen (secondary N) is 2. The monoisotopic (exact) mass is 380 g/mol. The molecule has 1 aliphatic rings. The zero-order chi connectivity index (χ0) is 19.9. The summed E-state index contributed by atoms with van der Waals surface area (Å²) in [5.41, 5.74) is 8.46. The maximum Gasteiger partial charge on any atom is 0.312 e. The van der Waals surface area contributed by atoms with Gasteiger partial charge in [-0.05, 0) is 42.5 Å². The summed E-state index contributed by atoms with van der Waals surface area (Å²) in [4.78, 5) is 26.2. The molecule has 4 N–H and O–H groups in total. The Balaban J connectivity index is 1.52. The van der Waals surface area contributed by atoms with Crippen molar-refractivity contribution in [3.8, 4) is 0 Å². The standard InChI is InChI=1S/C22H28N4O2/c1-16-7-5-6-10-19(16)20(25-22(23)28)13-21(27)24-14-17-11-12-26(15-17)18-8-3-2-4-9-18/h2-10,17,20H,11-15H2,1H3,(H,24,27)(H3,23,25,28)/t17-,20-/m1/s1. The molecule has 1 heterocycles. The Morgan fingerprint density at radius 1 is 1.14 bits per heavy atom. The Labute approximate surface area is 166 Å². The Hall–Kier alpha value is -3.02. The lowest BCUT2D eigenvalue weighted by atomic mass is 9.98. The van der Waals surface area contributed by atoms with E-state index in [4.69, 9.17) is 5.73 Å². The summed E-state index contributed by atoms with van der Waals surface area (Å²) in [6, 6.07) is 17.0. The predicted molar refractivity (Wildman–Crippen MR) is 111 cm³/mol. The number of aryl methyl sites for hydroxylation is 1. The lowest BCUT2D eigenvalue weighted by Gasteiger charge is -2.21. The molecule has 0 spiro atoms. The van der Waals surface area contributed by atoms with Gasteiger partial charge in [0.2, 0.25) is 5.91 Å². The number of hydrogen-bond donors (Lipinski definition) is 3. The van der Waals surface area contributed by atoms with Crippen LogP contribution in [0.25, 0.3) is 0 Å². The number of carbonyl (C=O) groups is 2. The highest BCUT2D eigenvalue weighted by Crippen LogP contribution is 2.23. The number of carbonyl (C=O) groups excluding carboxylic acids is 2. The maximum absolute atomic E-state index is 12.5. The first kappa shape index (κ1) is 19.7. The molecule has 1 fully saturated rings. The van der Waals surface area contributed by atoms with Gasteiger partial charge in [0.25, 0.3) is 0 Å². The summed E-state index contributed by atoms with van der Waals surface area (Å²) >= 11 is 0. The van der Waals surface area contributed by atoms with Crippen molar-refractivity contribution >= 4 is 17.6 Å². The molecular weight excluding hydrogens is 352 g/mol. The third kappa shape index (κ3) is 5.25. The van der Waals surface area contributed by atoms with Gasteiger partial charge in [0.05, 0.1) is 12.5 Å². The molecule has 28 heavy (non-hydrogen) atoms. The largest absolute Gasteiger partial charge is 0.371 e. The van der Waals surface area contributed by atoms with E-state index in [1.165, 1.54) is 5.69 Å². The van der Waals surface area contributed by atoms with Gasteiger partial charge in [-0.15, -0.1) is 0 Å². The SMILES string of the molecule is Cc1ccccc1[C@@H](CC(=O)NC[C@H]1CCN(c2ccccc2)C1)NC(N)=O. The lowest BCUT2D eigenvalue weighted by molar-refractivity contribution is -0.121. The molecule has 0 aromatic heterocycles. The highest BCUT2D eigenvalue weighted by Gasteiger charge is 2.24. The van der Waals surface area contributed by atoms with Gasteiger partial charge in [-0.1, -0.05) is 42.5 Å². The summed E-state index contributed by atoms with van der Waals surface area (Å²) in [6.45, 7) is 4.53. The third-order valence-electron chi connectivity index (χ3n) is 5.26. The van der Waals surface area contributed by atoms with Gasteiger partial charge >= 0.3 is 6.03 Å². The first-order valence-corrected chi connectivity index (χ1v) is 9.71. The smallest absolute Gasteiger partial charge is 0.312 e. The molecule has 0 bridgehead atoms. The predicted octanol–water partition coefficient (Wildman–Crippen LogP) is 2.74. The van der Waals surface area contributed by atoms with Crippen molar-refractivity contribution in [3.63, 3.8) is 0 Å². The Kier molecular flexibility index (Phi) is 6.53. The highest BCUT2D eigenvalue weighted by atomic mass is 16.2. The van der Waals surface area contributed by atoms with Crippen LogP contribution in [0.5, 0.6) is 0 Å². The van der Waals surface area contributed by atoms with Crippen molar-refractivity contribution in [2.45, 2.75) is 25.8 Å². The van der Waals surface area contributed by atoms with Crippen LogP contribution in [0.1, 0.15) is 30.0 Å². The van der Waals surface area contributed by atoms with Gasteiger partial charge < -0.3 is 21.3 Å². The van der Waals surface area contributed by atoms with Crippen molar-refractivity contribution in [1.82, 2.24) is 10.6 Å². The van der Waals surface area contributed by atoms with E-state index >= 15 is 0 Å². The molecule has 2 atom stereocenters. The normalized spacial score (nSPS) is 17.2. The number of primary amides is 1. The molecule has 0 saturated carbocycles. The molecule has 2 aromatic rings. The minimum absolute atomic E-state index is 0.0832. The van der Waals surface area contributed by atoms with E-state index in [0.29, 0.717) is 12.5 Å². The summed E-state index contributed by atoms with van der Waals surface area (Å²) in [5, 5.41) is 5.73. The number of nitrogens with two attached hydrogens (primary N) is 1. The second-order valence-electron chi connectivity index (χ2n) is 7.36. The number of urea groups is 1. The van der Waals surface area contributed by atoms with E-state index in [9.17, 15) is 9.59 Å². The third-order valence-corrected chi connectivity index (χ3v) is 5.26. The number of rotatable bonds is 7. The van der Waals surface area contributed by atoms with Gasteiger partial charge in [-0.3, -0.25) is 4.79 Å². The summed E-state index contributed by atoms with van der Waals surface area (Å²) in [6.07, 6.45) is 1.22. The van der Waals surface area contributed by atoms with Crippen LogP contribution in [0.4, 0.5) is 10.5 Å². The minimum atomic E-state index is -0.629. The Morgan fingerprint density at radius 3 is 2.57 bits per heavy atom. The van der Waals surface area contributed by atoms with Crippen molar-refractivity contribution in [3.05, 3.63) is 65.7 Å². The van der Waals surface area contributed by atoms with Crippen LogP contribution in [0.3, 0.4) is 0 Å². The number of amides is 3. The number of para-hydroxylation sites is 1. The molecule has 148 valence electrons. The van der Waals surface area contributed by atoms with E-state index < -0.39 is 12.1 Å². The zero-order valence-electron chi connectivity index (χ0n) is 16.2. The topological polar surface area (TPSA) is 87.5 Å². The Bertz CT molecular complexity index is 809. The van der Waals surface area contributed by atoms with Gasteiger partial charge in [0.1, 0.15) is 0 Å². The average molecular weight is 380 g/mol. The van der Waals surface area contributed by atoms with E-state index in [2.05, 4.69) is 27.7 Å². The van der Waals surface area contributed by atoms with Crippen LogP contribution in [0.2, 0.25) is 0 Å². The van der Waals surface area contributed by atoms with Gasteiger partial charge in [-0.25, -0.2) is 4.79 Å². The molecule has 0 radical (unpaired) electrons. The molecule has 0 aliphatic carbocycles. The molecule has 1 aliphatic heterocycles. The number of anilines is 1. The fraction of sp³-hybridized carbons (Fsp3) is 0.364. The van der Waals surface area contributed by atoms with E-state index in [1.54, 1.807) is 0 Å². The minimum Gasteiger partial charge on any atom is -0.371 e. The highest BCUT2D eigenvalue weighted by molar-refractivity contribution is 5.79. The van der Waals surface area contributed by atoms with Crippen LogP contribution >= 0.6 is 0 Å². The number of hydrogen-bond acceptors (Lipinski definition) is 3. The van der Waals surface area contributed by atoms with Crippen LogP contribution in [0.15, 0.2) is 54.6 Å². The molecule has 1 saturated heterocycles. The summed E-state index contributed by atoms with van der Waals surface area (Å²) < 4.78 is 0. The summed E-state index contributed by atoms with van der Waals surface area (Å²) in [5.74, 6) is 0.338. The van der Waals surface area contributed by atoms with Gasteiger partial charge in [-0.2, -0.15) is 0 Å². The molecule has 3 rings (SSSR count). The van der Waals surface area contributed by atoms with Crippen molar-refractivity contribution in [2.75, 3.05) is 24.5 Å². The van der Waals surface area contributed by atoms with Crippen LogP contribution in [0, 0.1) is 12.8 Å². The van der Waals surface area contributed by atoms with Crippen LogP contribution in [-0.2, 0) is 4.79 Å². The van der Waals surface area contributed by atoms with Crippen LogP contribution in [-0.4, -0.2) is 31.6 Å². The van der Waals surface area contributed by atoms with E-state index in [-0.39, 0.29) is 12.3 Å². The van der Waals surface area contributed by atoms with E-state index in [1.807, 2.05) is 49.4 Å². The number of nitrogens with zero attached hydrogens (tertiary/aromatic N) is 1.